The molecule has 0 amide bonds. The molecule has 2 N–H and O–H groups in total. The molecule has 2 heteroatoms. The summed E-state index contributed by atoms with van der Waals surface area (Å²) in [7, 11) is 0. The van der Waals surface area contributed by atoms with Gasteiger partial charge in [0, 0.05) is 0 Å². The fourth-order valence-corrected chi connectivity index (χ4v) is 1.96. The van der Waals surface area contributed by atoms with E-state index in [9.17, 15) is 0 Å². The fraction of sp³-hybridized carbons (Fsp3) is 1.00. The molecule has 0 aromatic rings. The number of halogens is 1. The second-order valence-corrected chi connectivity index (χ2v) is 3.10. The third-order valence-corrected chi connectivity index (χ3v) is 2.64. The number of rotatable bonds is 2. The smallest absolute Gasteiger partial charge is 0.00462 e. The zero-order valence-corrected chi connectivity index (χ0v) is 7.49. The molecular weight excluding hydrogens is 146 g/mol. The molecule has 0 aromatic carbocycles. The van der Waals surface area contributed by atoms with Crippen LogP contribution in [0.3, 0.4) is 0 Å². The monoisotopic (exact) mass is 163 g/mol. The van der Waals surface area contributed by atoms with Gasteiger partial charge in [-0.25, -0.2) is 0 Å². The van der Waals surface area contributed by atoms with Gasteiger partial charge < -0.3 is 5.73 Å². The molecule has 1 aliphatic carbocycles. The van der Waals surface area contributed by atoms with Crippen molar-refractivity contribution in [1.29, 1.82) is 0 Å². The van der Waals surface area contributed by atoms with E-state index < -0.39 is 0 Å². The Labute approximate surface area is 69.8 Å². The lowest BCUT2D eigenvalue weighted by molar-refractivity contribution is 0.385. The van der Waals surface area contributed by atoms with Gasteiger partial charge >= 0.3 is 0 Å². The van der Waals surface area contributed by atoms with Gasteiger partial charge in [-0.15, -0.1) is 12.4 Å². The minimum Gasteiger partial charge on any atom is -0.330 e. The summed E-state index contributed by atoms with van der Waals surface area (Å²) < 4.78 is 0. The van der Waals surface area contributed by atoms with Crippen molar-refractivity contribution < 1.29 is 0 Å². The number of nitrogens with two attached hydrogens (primary N) is 1. The maximum Gasteiger partial charge on any atom is -0.00462 e. The van der Waals surface area contributed by atoms with E-state index in [1.165, 1.54) is 25.7 Å². The SMILES string of the molecule is CCC1CCCC1CN.Cl. The normalized spacial score (nSPS) is 31.8. The average Bonchev–Trinajstić information content (AvgIpc) is 2.33. The summed E-state index contributed by atoms with van der Waals surface area (Å²) >= 11 is 0. The molecule has 2 unspecified atom stereocenters. The molecule has 1 saturated carbocycles. The van der Waals surface area contributed by atoms with Gasteiger partial charge in [0.15, 0.2) is 0 Å². The van der Waals surface area contributed by atoms with E-state index in [1.54, 1.807) is 0 Å². The van der Waals surface area contributed by atoms with E-state index in [1.807, 2.05) is 0 Å². The molecule has 0 aliphatic heterocycles. The van der Waals surface area contributed by atoms with Crippen molar-refractivity contribution in [2.75, 3.05) is 6.54 Å². The van der Waals surface area contributed by atoms with Crippen LogP contribution in [0.4, 0.5) is 0 Å². The molecule has 1 rings (SSSR count). The van der Waals surface area contributed by atoms with Gasteiger partial charge in [-0.05, 0) is 24.8 Å². The van der Waals surface area contributed by atoms with Crippen LogP contribution in [0.5, 0.6) is 0 Å². The quantitative estimate of drug-likeness (QED) is 0.664. The Hall–Kier alpha value is 0.250. The van der Waals surface area contributed by atoms with Crippen molar-refractivity contribution in [3.05, 3.63) is 0 Å². The lowest BCUT2D eigenvalue weighted by Crippen LogP contribution is -2.17. The summed E-state index contributed by atoms with van der Waals surface area (Å²) in [6, 6.07) is 0. The molecule has 2 atom stereocenters. The summed E-state index contributed by atoms with van der Waals surface area (Å²) in [5.74, 6) is 1.81. The second-order valence-electron chi connectivity index (χ2n) is 3.10. The molecule has 10 heavy (non-hydrogen) atoms. The molecule has 0 heterocycles. The van der Waals surface area contributed by atoms with Gasteiger partial charge in [-0.3, -0.25) is 0 Å². The highest BCUT2D eigenvalue weighted by molar-refractivity contribution is 5.85. The molecule has 0 radical (unpaired) electrons. The van der Waals surface area contributed by atoms with E-state index >= 15 is 0 Å². The fourth-order valence-electron chi connectivity index (χ4n) is 1.96. The Morgan fingerprint density at radius 1 is 1.30 bits per heavy atom. The highest BCUT2D eigenvalue weighted by Gasteiger charge is 2.23. The number of hydrogen-bond acceptors (Lipinski definition) is 1. The van der Waals surface area contributed by atoms with Crippen LogP contribution in [0.2, 0.25) is 0 Å². The van der Waals surface area contributed by atoms with Crippen LogP contribution in [-0.2, 0) is 0 Å². The Morgan fingerprint density at radius 3 is 2.30 bits per heavy atom. The van der Waals surface area contributed by atoms with Gasteiger partial charge in [-0.1, -0.05) is 26.2 Å². The Balaban J connectivity index is 0.000000810. The maximum absolute atomic E-state index is 5.60. The van der Waals surface area contributed by atoms with Crippen LogP contribution < -0.4 is 5.73 Å². The van der Waals surface area contributed by atoms with Gasteiger partial charge in [0.2, 0.25) is 0 Å². The van der Waals surface area contributed by atoms with Crippen LogP contribution in [0.25, 0.3) is 0 Å². The van der Waals surface area contributed by atoms with E-state index in [4.69, 9.17) is 5.73 Å². The van der Waals surface area contributed by atoms with E-state index in [0.717, 1.165) is 18.4 Å². The molecule has 0 saturated heterocycles. The van der Waals surface area contributed by atoms with Crippen LogP contribution >= 0.6 is 12.4 Å². The Kier molecular flexibility index (Phi) is 5.10. The van der Waals surface area contributed by atoms with E-state index in [-0.39, 0.29) is 12.4 Å². The maximum atomic E-state index is 5.60. The second kappa shape index (κ2) is 4.97. The summed E-state index contributed by atoms with van der Waals surface area (Å²) in [6.45, 7) is 3.19. The van der Waals surface area contributed by atoms with Gasteiger partial charge in [0.05, 0.1) is 0 Å². The van der Waals surface area contributed by atoms with Crippen molar-refractivity contribution >= 4 is 12.4 Å². The van der Waals surface area contributed by atoms with Crippen LogP contribution in [-0.4, -0.2) is 6.54 Å². The predicted molar refractivity (Wildman–Crippen MR) is 47.4 cm³/mol. The lowest BCUT2D eigenvalue weighted by atomic mass is 9.94. The minimum absolute atomic E-state index is 0. The van der Waals surface area contributed by atoms with Crippen molar-refractivity contribution in [2.24, 2.45) is 17.6 Å². The summed E-state index contributed by atoms with van der Waals surface area (Å²) in [5, 5.41) is 0. The number of hydrogen-bond donors (Lipinski definition) is 1. The highest BCUT2D eigenvalue weighted by Crippen LogP contribution is 2.32. The summed E-state index contributed by atoms with van der Waals surface area (Å²) in [6.07, 6.45) is 5.57. The minimum atomic E-state index is 0. The first-order chi connectivity index (χ1) is 4.38. The zero-order chi connectivity index (χ0) is 6.69. The molecule has 1 aliphatic rings. The molecule has 62 valence electrons. The molecule has 1 nitrogen and oxygen atoms in total. The highest BCUT2D eigenvalue weighted by atomic mass is 35.5. The van der Waals surface area contributed by atoms with Gasteiger partial charge in [0.25, 0.3) is 0 Å². The Bertz CT molecular complexity index is 75.3. The third-order valence-electron chi connectivity index (χ3n) is 2.64. The van der Waals surface area contributed by atoms with E-state index in [0.29, 0.717) is 0 Å². The van der Waals surface area contributed by atoms with E-state index in [2.05, 4.69) is 6.92 Å². The van der Waals surface area contributed by atoms with Crippen LogP contribution in [0.15, 0.2) is 0 Å². The summed E-state index contributed by atoms with van der Waals surface area (Å²) in [4.78, 5) is 0. The summed E-state index contributed by atoms with van der Waals surface area (Å²) in [5.41, 5.74) is 5.60. The first-order valence-corrected chi connectivity index (χ1v) is 4.08. The zero-order valence-electron chi connectivity index (χ0n) is 6.68. The first kappa shape index (κ1) is 10.2. The van der Waals surface area contributed by atoms with Crippen molar-refractivity contribution in [3.63, 3.8) is 0 Å². The largest absolute Gasteiger partial charge is 0.330 e. The topological polar surface area (TPSA) is 26.0 Å². The predicted octanol–water partition coefficient (Wildman–Crippen LogP) is 2.19. The Morgan fingerprint density at radius 2 is 1.90 bits per heavy atom. The van der Waals surface area contributed by atoms with Gasteiger partial charge in [0.1, 0.15) is 0 Å². The third kappa shape index (κ3) is 2.14. The van der Waals surface area contributed by atoms with Crippen LogP contribution in [0, 0.1) is 11.8 Å². The first-order valence-electron chi connectivity index (χ1n) is 4.08. The van der Waals surface area contributed by atoms with Crippen LogP contribution in [0.1, 0.15) is 32.6 Å². The van der Waals surface area contributed by atoms with Gasteiger partial charge in [-0.2, -0.15) is 0 Å². The average molecular weight is 164 g/mol. The van der Waals surface area contributed by atoms with Crippen molar-refractivity contribution in [1.82, 2.24) is 0 Å². The molecule has 0 aromatic heterocycles. The van der Waals surface area contributed by atoms with Crippen molar-refractivity contribution in [2.45, 2.75) is 32.6 Å². The standard InChI is InChI=1S/C8H17N.ClH/c1-2-7-4-3-5-8(7)6-9;/h7-8H,2-6,9H2,1H3;1H. The van der Waals surface area contributed by atoms with Crippen molar-refractivity contribution in [3.8, 4) is 0 Å². The molecule has 0 spiro atoms. The molecule has 0 bridgehead atoms. The molecule has 1 fully saturated rings. The molecular formula is C8H18ClN. The lowest BCUT2D eigenvalue weighted by Gasteiger charge is -2.14.